The summed E-state index contributed by atoms with van der Waals surface area (Å²) in [5, 5.41) is 18.4. The molecule has 170 valence electrons. The van der Waals surface area contributed by atoms with Crippen LogP contribution in [-0.2, 0) is 14.4 Å². The minimum Gasteiger partial charge on any atom is -0.354 e. The van der Waals surface area contributed by atoms with E-state index in [1.165, 1.54) is 4.90 Å². The van der Waals surface area contributed by atoms with Crippen LogP contribution in [-0.4, -0.2) is 66.1 Å². The highest BCUT2D eigenvalue weighted by molar-refractivity contribution is 5.90. The van der Waals surface area contributed by atoms with E-state index in [9.17, 15) is 18.8 Å². The van der Waals surface area contributed by atoms with Crippen molar-refractivity contribution in [2.24, 2.45) is 5.41 Å². The van der Waals surface area contributed by atoms with Crippen LogP contribution in [0.4, 0.5) is 4.39 Å². The van der Waals surface area contributed by atoms with Crippen molar-refractivity contribution >= 4 is 17.7 Å². The molecule has 0 aromatic carbocycles. The van der Waals surface area contributed by atoms with Crippen LogP contribution in [0.5, 0.6) is 0 Å². The van der Waals surface area contributed by atoms with E-state index in [-0.39, 0.29) is 42.8 Å². The maximum absolute atomic E-state index is 13.6. The molecular weight excluding hydrogens is 401 g/mol. The molecule has 5 fully saturated rings. The van der Waals surface area contributed by atoms with Gasteiger partial charge in [0.05, 0.1) is 19.2 Å². The first-order chi connectivity index (χ1) is 14.9. The van der Waals surface area contributed by atoms with Gasteiger partial charge in [-0.2, -0.15) is 5.26 Å². The molecule has 3 aliphatic carbocycles. The first-order valence-electron chi connectivity index (χ1n) is 11.5. The van der Waals surface area contributed by atoms with Crippen molar-refractivity contribution in [3.05, 3.63) is 0 Å². The average Bonchev–Trinajstić information content (AvgIpc) is 3.06. The zero-order valence-electron chi connectivity index (χ0n) is 17.9. The lowest BCUT2D eigenvalue weighted by Crippen LogP contribution is -2.61. The van der Waals surface area contributed by atoms with Crippen LogP contribution in [0.2, 0.25) is 0 Å². The third-order valence-corrected chi connectivity index (χ3v) is 7.90. The molecule has 3 amide bonds. The van der Waals surface area contributed by atoms with Crippen molar-refractivity contribution in [3.8, 4) is 6.07 Å². The van der Waals surface area contributed by atoms with Crippen LogP contribution in [0.1, 0.15) is 64.2 Å². The lowest BCUT2D eigenvalue weighted by molar-refractivity contribution is -0.142. The molecule has 0 aromatic rings. The van der Waals surface area contributed by atoms with Gasteiger partial charge in [-0.15, -0.1) is 0 Å². The summed E-state index contributed by atoms with van der Waals surface area (Å²) in [6.45, 7) is 0.748. The maximum atomic E-state index is 13.6. The minimum atomic E-state index is -1.13. The molecule has 31 heavy (non-hydrogen) atoms. The number of nitrogens with zero attached hydrogens (tertiary/aromatic N) is 2. The van der Waals surface area contributed by atoms with Crippen molar-refractivity contribution in [1.82, 2.24) is 20.9 Å². The van der Waals surface area contributed by atoms with Gasteiger partial charge in [-0.3, -0.25) is 14.4 Å². The van der Waals surface area contributed by atoms with E-state index in [2.05, 4.69) is 16.0 Å². The molecule has 0 radical (unpaired) electrons. The number of hydrogen-bond acceptors (Lipinski definition) is 5. The van der Waals surface area contributed by atoms with E-state index < -0.39 is 23.7 Å². The second-order valence-electron chi connectivity index (χ2n) is 9.75. The Morgan fingerprint density at radius 2 is 1.90 bits per heavy atom. The lowest BCUT2D eigenvalue weighted by Gasteiger charge is -2.53. The Hall–Kier alpha value is -2.21. The molecule has 9 heteroatoms. The van der Waals surface area contributed by atoms with Crippen LogP contribution in [0, 0.1) is 16.7 Å². The van der Waals surface area contributed by atoms with Gasteiger partial charge in [-0.1, -0.05) is 0 Å². The number of carbonyl (C=O) groups excluding carboxylic acids is 3. The van der Waals surface area contributed by atoms with E-state index in [0.717, 1.165) is 51.4 Å². The molecule has 2 bridgehead atoms. The minimum absolute atomic E-state index is 0.0102. The van der Waals surface area contributed by atoms with Crippen LogP contribution >= 0.6 is 0 Å². The molecule has 3 saturated carbocycles. The predicted molar refractivity (Wildman–Crippen MR) is 110 cm³/mol. The normalized spacial score (nSPS) is 37.6. The van der Waals surface area contributed by atoms with Gasteiger partial charge in [0.25, 0.3) is 0 Å². The second-order valence-corrected chi connectivity index (χ2v) is 9.75. The number of halogens is 1. The molecule has 5 rings (SSSR count). The summed E-state index contributed by atoms with van der Waals surface area (Å²) in [7, 11) is 0. The first-order valence-corrected chi connectivity index (χ1v) is 11.5. The monoisotopic (exact) mass is 433 g/mol. The Morgan fingerprint density at radius 1 is 1.19 bits per heavy atom. The fourth-order valence-electron chi connectivity index (χ4n) is 5.73. The molecule has 5 aliphatic rings. The third-order valence-electron chi connectivity index (χ3n) is 7.90. The van der Waals surface area contributed by atoms with Gasteiger partial charge in [0, 0.05) is 23.9 Å². The summed E-state index contributed by atoms with van der Waals surface area (Å²) in [6, 6.07) is 0.891. The Kier molecular flexibility index (Phi) is 6.20. The van der Waals surface area contributed by atoms with Crippen molar-refractivity contribution in [1.29, 1.82) is 5.26 Å². The highest BCUT2D eigenvalue weighted by atomic mass is 19.1. The van der Waals surface area contributed by atoms with E-state index in [1.807, 2.05) is 6.07 Å². The van der Waals surface area contributed by atoms with Gasteiger partial charge >= 0.3 is 0 Å². The largest absolute Gasteiger partial charge is 0.354 e. The third kappa shape index (κ3) is 4.40. The maximum Gasteiger partial charge on any atom is 0.242 e. The molecule has 2 heterocycles. The number of fused-ring (bicyclic) bond motifs is 3. The summed E-state index contributed by atoms with van der Waals surface area (Å²) in [5.74, 6) is -0.334. The molecule has 0 aromatic heterocycles. The van der Waals surface area contributed by atoms with Gasteiger partial charge in [0.15, 0.2) is 0 Å². The molecule has 2 aliphatic heterocycles. The summed E-state index contributed by atoms with van der Waals surface area (Å²) >= 11 is 0. The second kappa shape index (κ2) is 8.73. The highest BCUT2D eigenvalue weighted by Gasteiger charge is 2.53. The standard InChI is InChI=1S/C22H32FN5O3/c23-15-11-16(12-24)28(14-15)18(29)13-26-22-7-4-21(5-8-22,6-9-22)20(31)27-17-3-1-2-10-25-19(17)30/h15-17,26H,1-11,13-14H2,(H,25,30)(H,27,31)/t15-,16-,17?,21?,22?/m0/s1. The Morgan fingerprint density at radius 3 is 2.58 bits per heavy atom. The van der Waals surface area contributed by atoms with Gasteiger partial charge in [-0.05, 0) is 57.8 Å². The summed E-state index contributed by atoms with van der Waals surface area (Å²) < 4.78 is 13.6. The Labute approximate surface area is 182 Å². The van der Waals surface area contributed by atoms with Gasteiger partial charge < -0.3 is 20.9 Å². The Balaban J connectivity index is 1.30. The van der Waals surface area contributed by atoms with E-state index in [0.29, 0.717) is 13.0 Å². The summed E-state index contributed by atoms with van der Waals surface area (Å²) in [6.07, 6.45) is 6.05. The quantitative estimate of drug-likeness (QED) is 0.597. The smallest absolute Gasteiger partial charge is 0.242 e. The topological polar surface area (TPSA) is 114 Å². The zero-order chi connectivity index (χ0) is 22.1. The van der Waals surface area contributed by atoms with Crippen LogP contribution < -0.4 is 16.0 Å². The first kappa shape index (κ1) is 22.0. The number of amides is 3. The van der Waals surface area contributed by atoms with Gasteiger partial charge in [-0.25, -0.2) is 4.39 Å². The van der Waals surface area contributed by atoms with Crippen molar-refractivity contribution < 1.29 is 18.8 Å². The van der Waals surface area contributed by atoms with Crippen LogP contribution in [0.3, 0.4) is 0 Å². The lowest BCUT2D eigenvalue weighted by atomic mass is 9.57. The number of likely N-dealkylation sites (tertiary alicyclic amines) is 1. The zero-order valence-corrected chi connectivity index (χ0v) is 17.9. The van der Waals surface area contributed by atoms with Crippen molar-refractivity contribution in [2.45, 2.75) is 88.0 Å². The molecule has 2 saturated heterocycles. The van der Waals surface area contributed by atoms with Crippen LogP contribution in [0.25, 0.3) is 0 Å². The molecule has 0 spiro atoms. The molecular formula is C22H32FN5O3. The summed E-state index contributed by atoms with van der Waals surface area (Å²) in [4.78, 5) is 39.2. The number of nitriles is 1. The van der Waals surface area contributed by atoms with E-state index in [1.54, 1.807) is 0 Å². The molecule has 3 N–H and O–H groups in total. The van der Waals surface area contributed by atoms with Gasteiger partial charge in [0.2, 0.25) is 17.7 Å². The van der Waals surface area contributed by atoms with Crippen molar-refractivity contribution in [2.75, 3.05) is 19.6 Å². The Bertz CT molecular complexity index is 757. The fraction of sp³-hybridized carbons (Fsp3) is 0.818. The van der Waals surface area contributed by atoms with Crippen LogP contribution in [0.15, 0.2) is 0 Å². The highest BCUT2D eigenvalue weighted by Crippen LogP contribution is 2.52. The predicted octanol–water partition coefficient (Wildman–Crippen LogP) is 0.916. The van der Waals surface area contributed by atoms with E-state index in [4.69, 9.17) is 5.26 Å². The fourth-order valence-corrected chi connectivity index (χ4v) is 5.73. The number of carbonyl (C=O) groups is 3. The number of rotatable bonds is 5. The van der Waals surface area contributed by atoms with Gasteiger partial charge in [0.1, 0.15) is 18.3 Å². The number of nitrogens with one attached hydrogen (secondary N) is 3. The SMILES string of the molecule is N#C[C@@H]1C[C@H](F)CN1C(=O)CNC12CCC(C(=O)NC3CCCCNC3=O)(CC1)CC2. The molecule has 3 atom stereocenters. The van der Waals surface area contributed by atoms with Crippen molar-refractivity contribution in [3.63, 3.8) is 0 Å². The average molecular weight is 434 g/mol. The number of alkyl halides is 1. The number of hydrogen-bond donors (Lipinski definition) is 3. The molecule has 8 nitrogen and oxygen atoms in total. The molecule has 1 unspecified atom stereocenters. The summed E-state index contributed by atoms with van der Waals surface area (Å²) in [5.41, 5.74) is -0.614. The van der Waals surface area contributed by atoms with E-state index >= 15 is 0 Å².